The van der Waals surface area contributed by atoms with Crippen LogP contribution in [0.2, 0.25) is 0 Å². The second-order valence-corrected chi connectivity index (χ2v) is 8.45. The van der Waals surface area contributed by atoms with Crippen molar-refractivity contribution in [3.05, 3.63) is 60.1 Å². The molecule has 0 aliphatic carbocycles. The minimum absolute atomic E-state index is 0.151. The van der Waals surface area contributed by atoms with E-state index in [4.69, 9.17) is 9.15 Å². The van der Waals surface area contributed by atoms with Crippen molar-refractivity contribution in [2.45, 2.75) is 57.8 Å². The van der Waals surface area contributed by atoms with E-state index in [1.807, 2.05) is 41.3 Å². The van der Waals surface area contributed by atoms with Gasteiger partial charge in [0.25, 0.3) is 0 Å². The zero-order valence-electron chi connectivity index (χ0n) is 17.2. The van der Waals surface area contributed by atoms with Crippen molar-refractivity contribution in [3.63, 3.8) is 0 Å². The van der Waals surface area contributed by atoms with Crippen molar-refractivity contribution in [1.29, 1.82) is 0 Å². The highest BCUT2D eigenvalue weighted by Gasteiger charge is 2.33. The molecular formula is C21H28N6O2. The molecule has 0 saturated carbocycles. The second kappa shape index (κ2) is 8.42. The van der Waals surface area contributed by atoms with Crippen LogP contribution in [0.25, 0.3) is 0 Å². The van der Waals surface area contributed by atoms with Gasteiger partial charge in [0, 0.05) is 25.5 Å². The number of hydrogen-bond acceptors (Lipinski definition) is 7. The van der Waals surface area contributed by atoms with Gasteiger partial charge in [-0.15, -0.1) is 5.10 Å². The summed E-state index contributed by atoms with van der Waals surface area (Å²) in [6.07, 6.45) is 7.67. The van der Waals surface area contributed by atoms with Gasteiger partial charge in [-0.05, 0) is 73.9 Å². The summed E-state index contributed by atoms with van der Waals surface area (Å²) in [7, 11) is 0. The Kier molecular flexibility index (Phi) is 5.73. The first-order valence-electron chi connectivity index (χ1n) is 10.1. The van der Waals surface area contributed by atoms with E-state index in [1.54, 1.807) is 6.26 Å². The molecule has 1 saturated heterocycles. The molecule has 0 aromatic carbocycles. The van der Waals surface area contributed by atoms with Crippen LogP contribution in [-0.2, 0) is 16.8 Å². The largest absolute Gasteiger partial charge is 0.468 e. The van der Waals surface area contributed by atoms with Crippen LogP contribution in [0.4, 0.5) is 0 Å². The van der Waals surface area contributed by atoms with E-state index >= 15 is 0 Å². The molecule has 8 nitrogen and oxygen atoms in total. The molecule has 0 amide bonds. The van der Waals surface area contributed by atoms with Crippen LogP contribution in [0.15, 0.2) is 47.3 Å². The predicted octanol–water partition coefficient (Wildman–Crippen LogP) is 3.19. The summed E-state index contributed by atoms with van der Waals surface area (Å²) >= 11 is 0. The lowest BCUT2D eigenvalue weighted by Gasteiger charge is -2.33. The number of furan rings is 1. The Labute approximate surface area is 170 Å². The van der Waals surface area contributed by atoms with E-state index in [2.05, 4.69) is 46.2 Å². The lowest BCUT2D eigenvalue weighted by molar-refractivity contribution is 0.0538. The molecule has 4 rings (SSSR count). The van der Waals surface area contributed by atoms with Gasteiger partial charge < -0.3 is 9.15 Å². The maximum Gasteiger partial charge on any atom is 0.173 e. The standard InChI is InChI=1S/C21H28N6O2/c1-21(2,3)27-20(23-24-25-27)19(16-8-10-22-11-9-16)26(14-17-6-4-12-28-17)15-18-7-5-13-29-18/h4,6,8-12,18-19H,5,7,13-15H2,1-3H3/t18-,19-/m0/s1. The number of ether oxygens (including phenoxy) is 1. The van der Waals surface area contributed by atoms with Gasteiger partial charge in [-0.1, -0.05) is 0 Å². The molecule has 1 aliphatic heterocycles. The summed E-state index contributed by atoms with van der Waals surface area (Å²) in [5.74, 6) is 1.70. The first kappa shape index (κ1) is 19.7. The first-order chi connectivity index (χ1) is 14.0. The maximum absolute atomic E-state index is 5.96. The Morgan fingerprint density at radius 2 is 2.07 bits per heavy atom. The smallest absolute Gasteiger partial charge is 0.173 e. The topological polar surface area (TPSA) is 82.1 Å². The van der Waals surface area contributed by atoms with Crippen molar-refractivity contribution < 1.29 is 9.15 Å². The Morgan fingerprint density at radius 1 is 1.24 bits per heavy atom. The highest BCUT2D eigenvalue weighted by Crippen LogP contribution is 2.32. The van der Waals surface area contributed by atoms with E-state index < -0.39 is 0 Å². The maximum atomic E-state index is 5.96. The van der Waals surface area contributed by atoms with Crippen LogP contribution in [-0.4, -0.2) is 49.3 Å². The third-order valence-corrected chi connectivity index (χ3v) is 5.16. The SMILES string of the molecule is CC(C)(C)n1nnnc1[C@H](c1ccncc1)N(Cc1ccco1)C[C@@H]1CCCO1. The van der Waals surface area contributed by atoms with Gasteiger partial charge in [-0.2, -0.15) is 0 Å². The van der Waals surface area contributed by atoms with E-state index in [-0.39, 0.29) is 17.7 Å². The molecule has 0 N–H and O–H groups in total. The monoisotopic (exact) mass is 396 g/mol. The van der Waals surface area contributed by atoms with Gasteiger partial charge >= 0.3 is 0 Å². The van der Waals surface area contributed by atoms with Crippen molar-refractivity contribution in [3.8, 4) is 0 Å². The van der Waals surface area contributed by atoms with Crippen molar-refractivity contribution in [1.82, 2.24) is 30.1 Å². The number of aromatic nitrogens is 5. The number of tetrazole rings is 1. The molecule has 29 heavy (non-hydrogen) atoms. The van der Waals surface area contributed by atoms with Gasteiger partial charge in [0.05, 0.1) is 30.5 Å². The molecule has 0 spiro atoms. The van der Waals surface area contributed by atoms with Crippen LogP contribution in [0.5, 0.6) is 0 Å². The predicted molar refractivity (Wildman–Crippen MR) is 107 cm³/mol. The van der Waals surface area contributed by atoms with E-state index in [0.29, 0.717) is 6.54 Å². The highest BCUT2D eigenvalue weighted by molar-refractivity contribution is 5.23. The van der Waals surface area contributed by atoms with Crippen molar-refractivity contribution in [2.24, 2.45) is 0 Å². The molecule has 0 radical (unpaired) electrons. The molecule has 2 atom stereocenters. The van der Waals surface area contributed by atoms with Crippen molar-refractivity contribution in [2.75, 3.05) is 13.2 Å². The fourth-order valence-electron chi connectivity index (χ4n) is 3.83. The van der Waals surface area contributed by atoms with Crippen molar-refractivity contribution >= 4 is 0 Å². The average molecular weight is 396 g/mol. The quantitative estimate of drug-likeness (QED) is 0.606. The van der Waals surface area contributed by atoms with Crippen LogP contribution in [0.3, 0.4) is 0 Å². The molecular weight excluding hydrogens is 368 g/mol. The summed E-state index contributed by atoms with van der Waals surface area (Å²) < 4.78 is 13.5. The van der Waals surface area contributed by atoms with Crippen LogP contribution in [0.1, 0.15) is 56.8 Å². The third-order valence-electron chi connectivity index (χ3n) is 5.16. The molecule has 1 aliphatic rings. The van der Waals surface area contributed by atoms with E-state index in [1.165, 1.54) is 0 Å². The van der Waals surface area contributed by atoms with Gasteiger partial charge in [-0.25, -0.2) is 4.68 Å². The minimum atomic E-state index is -0.246. The molecule has 8 heteroatoms. The van der Waals surface area contributed by atoms with Gasteiger partial charge in [0.2, 0.25) is 0 Å². The molecule has 3 aromatic rings. The molecule has 0 bridgehead atoms. The Balaban J connectivity index is 1.76. The summed E-state index contributed by atoms with van der Waals surface area (Å²) in [6, 6.07) is 7.81. The first-order valence-corrected chi connectivity index (χ1v) is 10.1. The summed E-state index contributed by atoms with van der Waals surface area (Å²) in [6.45, 7) is 8.54. The van der Waals surface area contributed by atoms with Crippen LogP contribution in [0, 0.1) is 0 Å². The molecule has 154 valence electrons. The van der Waals surface area contributed by atoms with Crippen LogP contribution >= 0.6 is 0 Å². The summed E-state index contributed by atoms with van der Waals surface area (Å²) in [4.78, 5) is 6.54. The molecule has 3 aromatic heterocycles. The number of nitrogens with zero attached hydrogens (tertiary/aromatic N) is 6. The van der Waals surface area contributed by atoms with E-state index in [0.717, 1.165) is 43.1 Å². The lowest BCUT2D eigenvalue weighted by atomic mass is 10.0. The van der Waals surface area contributed by atoms with Gasteiger partial charge in [0.15, 0.2) is 5.82 Å². The number of pyridine rings is 1. The Morgan fingerprint density at radius 3 is 2.72 bits per heavy atom. The lowest BCUT2D eigenvalue weighted by Crippen LogP contribution is -2.38. The normalized spacial score (nSPS) is 18.4. The third kappa shape index (κ3) is 4.54. The fraction of sp³-hybridized carbons (Fsp3) is 0.524. The van der Waals surface area contributed by atoms with Gasteiger partial charge in [-0.3, -0.25) is 9.88 Å². The van der Waals surface area contributed by atoms with E-state index in [9.17, 15) is 0 Å². The highest BCUT2D eigenvalue weighted by atomic mass is 16.5. The Hall–Kier alpha value is -2.58. The number of rotatable bonds is 7. The van der Waals surface area contributed by atoms with Gasteiger partial charge in [0.1, 0.15) is 5.76 Å². The molecule has 1 fully saturated rings. The zero-order valence-corrected chi connectivity index (χ0v) is 17.2. The molecule has 4 heterocycles. The number of hydrogen-bond donors (Lipinski definition) is 0. The minimum Gasteiger partial charge on any atom is -0.468 e. The fourth-order valence-corrected chi connectivity index (χ4v) is 3.83. The Bertz CT molecular complexity index is 882. The summed E-state index contributed by atoms with van der Waals surface area (Å²) in [5, 5.41) is 12.8. The second-order valence-electron chi connectivity index (χ2n) is 8.45. The zero-order chi connectivity index (χ0) is 20.3. The molecule has 0 unspecified atom stereocenters. The van der Waals surface area contributed by atoms with Crippen LogP contribution < -0.4 is 0 Å². The summed E-state index contributed by atoms with van der Waals surface area (Å²) in [5.41, 5.74) is 0.842. The average Bonchev–Trinajstić information content (AvgIpc) is 3.45.